The van der Waals surface area contributed by atoms with Crippen LogP contribution in [0.5, 0.6) is 0 Å². The van der Waals surface area contributed by atoms with Crippen molar-refractivity contribution in [2.75, 3.05) is 27.2 Å². The van der Waals surface area contributed by atoms with Gasteiger partial charge >= 0.3 is 6.18 Å². The fourth-order valence-corrected chi connectivity index (χ4v) is 3.17. The zero-order valence-electron chi connectivity index (χ0n) is 15.6. The van der Waals surface area contributed by atoms with Gasteiger partial charge < -0.3 is 4.90 Å². The second-order valence-electron chi connectivity index (χ2n) is 8.09. The summed E-state index contributed by atoms with van der Waals surface area (Å²) in [7, 11) is 3.98. The minimum atomic E-state index is -4.47. The van der Waals surface area contributed by atoms with E-state index < -0.39 is 17.2 Å². The number of rotatable bonds is 4. The third kappa shape index (κ3) is 4.82. The number of carbonyl (C=O) groups is 1. The van der Waals surface area contributed by atoms with Crippen molar-refractivity contribution in [3.63, 3.8) is 0 Å². The number of benzene rings is 1. The van der Waals surface area contributed by atoms with Crippen molar-refractivity contribution in [3.8, 4) is 0 Å². The molecule has 1 aromatic rings. The van der Waals surface area contributed by atoms with Crippen LogP contribution in [-0.2, 0) is 12.7 Å². The lowest BCUT2D eigenvalue weighted by atomic mass is 9.85. The highest BCUT2D eigenvalue weighted by atomic mass is 19.4. The van der Waals surface area contributed by atoms with Crippen LogP contribution in [0.25, 0.3) is 0 Å². The molecule has 1 aliphatic rings. The normalized spacial score (nSPS) is 19.6. The van der Waals surface area contributed by atoms with Gasteiger partial charge in [-0.15, -0.1) is 0 Å². The molecule has 1 aliphatic heterocycles. The number of alkyl halides is 3. The number of halogens is 3. The summed E-state index contributed by atoms with van der Waals surface area (Å²) < 4.78 is 40.6. The molecule has 6 heteroatoms. The third-order valence-corrected chi connectivity index (χ3v) is 4.73. The molecule has 0 aromatic heterocycles. The Hall–Kier alpha value is -1.40. The topological polar surface area (TPSA) is 23.6 Å². The van der Waals surface area contributed by atoms with Crippen LogP contribution < -0.4 is 0 Å². The van der Waals surface area contributed by atoms with E-state index in [0.717, 1.165) is 25.6 Å². The summed E-state index contributed by atoms with van der Waals surface area (Å²) >= 11 is 0. The van der Waals surface area contributed by atoms with Crippen LogP contribution in [0.15, 0.2) is 18.2 Å². The third-order valence-electron chi connectivity index (χ3n) is 4.73. The number of nitrogens with zero attached hydrogens (tertiary/aromatic N) is 2. The van der Waals surface area contributed by atoms with Crippen LogP contribution in [0.4, 0.5) is 13.2 Å². The van der Waals surface area contributed by atoms with E-state index in [2.05, 4.69) is 4.90 Å². The minimum absolute atomic E-state index is 0.121. The molecule has 1 heterocycles. The van der Waals surface area contributed by atoms with E-state index in [0.29, 0.717) is 6.04 Å². The Morgan fingerprint density at radius 2 is 1.88 bits per heavy atom. The first kappa shape index (κ1) is 19.9. The summed E-state index contributed by atoms with van der Waals surface area (Å²) in [4.78, 5) is 16.5. The van der Waals surface area contributed by atoms with Crippen molar-refractivity contribution >= 4 is 5.78 Å². The smallest absolute Gasteiger partial charge is 0.305 e. The van der Waals surface area contributed by atoms with Crippen LogP contribution in [-0.4, -0.2) is 48.8 Å². The largest absolute Gasteiger partial charge is 0.416 e. The Kier molecular flexibility index (Phi) is 5.64. The van der Waals surface area contributed by atoms with Crippen LogP contribution >= 0.6 is 0 Å². The Balaban J connectivity index is 2.28. The molecular formula is C19H27F3N2O. The van der Waals surface area contributed by atoms with E-state index in [1.165, 1.54) is 12.1 Å². The highest BCUT2D eigenvalue weighted by Crippen LogP contribution is 2.35. The zero-order chi connectivity index (χ0) is 19.0. The highest BCUT2D eigenvalue weighted by molar-refractivity contribution is 6.00. The zero-order valence-corrected chi connectivity index (χ0v) is 15.6. The average Bonchev–Trinajstić information content (AvgIpc) is 2.93. The molecule has 1 atom stereocenters. The number of carbonyl (C=O) groups excluding carboxylic acids is 1. The quantitative estimate of drug-likeness (QED) is 0.760. The maximum Gasteiger partial charge on any atom is 0.416 e. The Labute approximate surface area is 147 Å². The summed E-state index contributed by atoms with van der Waals surface area (Å²) in [6.07, 6.45) is -3.51. The number of likely N-dealkylation sites (N-methyl/N-ethyl adjacent to an activating group) is 1. The lowest BCUT2D eigenvalue weighted by molar-refractivity contribution is -0.138. The van der Waals surface area contributed by atoms with Crippen molar-refractivity contribution in [2.45, 2.75) is 46.0 Å². The van der Waals surface area contributed by atoms with Crippen molar-refractivity contribution in [2.24, 2.45) is 5.41 Å². The molecule has 1 fully saturated rings. The fourth-order valence-electron chi connectivity index (χ4n) is 3.17. The molecule has 0 bridgehead atoms. The lowest BCUT2D eigenvalue weighted by Crippen LogP contribution is -2.31. The van der Waals surface area contributed by atoms with Gasteiger partial charge in [0.25, 0.3) is 0 Å². The Morgan fingerprint density at radius 1 is 1.24 bits per heavy atom. The number of ketones is 1. The van der Waals surface area contributed by atoms with Gasteiger partial charge in [-0.25, -0.2) is 0 Å². The standard InChI is InChI=1S/C19H27F3N2O/c1-18(2,3)17(25)13-6-7-14(16(10-13)19(20,21)22)11-24-9-8-15(12-24)23(4)5/h6-7,10,15H,8-9,11-12H2,1-5H3/t15-/m0/s1. The maximum absolute atomic E-state index is 13.5. The Bertz CT molecular complexity index is 633. The van der Waals surface area contributed by atoms with Gasteiger partial charge in [0.05, 0.1) is 5.56 Å². The molecule has 25 heavy (non-hydrogen) atoms. The Morgan fingerprint density at radius 3 is 2.36 bits per heavy atom. The van der Waals surface area contributed by atoms with Crippen LogP contribution in [0, 0.1) is 5.41 Å². The van der Waals surface area contributed by atoms with Gasteiger partial charge in [0, 0.05) is 36.7 Å². The first-order valence-corrected chi connectivity index (χ1v) is 8.53. The van der Waals surface area contributed by atoms with E-state index in [9.17, 15) is 18.0 Å². The van der Waals surface area contributed by atoms with Crippen molar-refractivity contribution in [3.05, 3.63) is 34.9 Å². The van der Waals surface area contributed by atoms with Gasteiger partial charge in [0.1, 0.15) is 0 Å². The summed E-state index contributed by atoms with van der Waals surface area (Å²) in [5, 5.41) is 0. The van der Waals surface area contributed by atoms with Crippen molar-refractivity contribution in [1.29, 1.82) is 0 Å². The predicted octanol–water partition coefficient (Wildman–Crippen LogP) is 4.07. The summed E-state index contributed by atoms with van der Waals surface area (Å²) in [6, 6.07) is 4.38. The molecule has 2 rings (SSSR count). The highest BCUT2D eigenvalue weighted by Gasteiger charge is 2.36. The second kappa shape index (κ2) is 7.08. The van der Waals surface area contributed by atoms with Gasteiger partial charge in [-0.05, 0) is 32.1 Å². The van der Waals surface area contributed by atoms with E-state index in [1.807, 2.05) is 19.0 Å². The number of likely N-dealkylation sites (tertiary alicyclic amines) is 1. The van der Waals surface area contributed by atoms with Gasteiger partial charge in [-0.1, -0.05) is 32.9 Å². The molecule has 1 saturated heterocycles. The number of Topliss-reactive ketones (excluding diaryl/α,β-unsaturated/α-hetero) is 1. The van der Waals surface area contributed by atoms with E-state index in [-0.39, 0.29) is 23.5 Å². The van der Waals surface area contributed by atoms with E-state index in [1.54, 1.807) is 20.8 Å². The number of hydrogen-bond acceptors (Lipinski definition) is 3. The SMILES string of the molecule is CN(C)[C@H]1CCN(Cc2ccc(C(=O)C(C)(C)C)cc2C(F)(F)F)C1. The summed E-state index contributed by atoms with van der Waals surface area (Å²) in [5.41, 5.74) is -1.05. The molecule has 140 valence electrons. The van der Waals surface area contributed by atoms with Crippen LogP contribution in [0.1, 0.15) is 48.7 Å². The van der Waals surface area contributed by atoms with E-state index >= 15 is 0 Å². The molecule has 0 N–H and O–H groups in total. The predicted molar refractivity (Wildman–Crippen MR) is 92.6 cm³/mol. The first-order chi connectivity index (χ1) is 11.4. The molecule has 1 aromatic carbocycles. The molecular weight excluding hydrogens is 329 g/mol. The maximum atomic E-state index is 13.5. The molecule has 0 amide bonds. The van der Waals surface area contributed by atoms with Crippen LogP contribution in [0.3, 0.4) is 0 Å². The van der Waals surface area contributed by atoms with Gasteiger partial charge in [-0.3, -0.25) is 9.69 Å². The van der Waals surface area contributed by atoms with Crippen molar-refractivity contribution in [1.82, 2.24) is 9.80 Å². The van der Waals surface area contributed by atoms with E-state index in [4.69, 9.17) is 0 Å². The second-order valence-corrected chi connectivity index (χ2v) is 8.09. The molecule has 0 unspecified atom stereocenters. The average molecular weight is 356 g/mol. The summed E-state index contributed by atoms with van der Waals surface area (Å²) in [6.45, 7) is 6.92. The fraction of sp³-hybridized carbons (Fsp3) is 0.632. The lowest BCUT2D eigenvalue weighted by Gasteiger charge is -2.23. The molecule has 0 saturated carbocycles. The van der Waals surface area contributed by atoms with Gasteiger partial charge in [0.15, 0.2) is 5.78 Å². The van der Waals surface area contributed by atoms with Crippen molar-refractivity contribution < 1.29 is 18.0 Å². The van der Waals surface area contributed by atoms with Gasteiger partial charge in [0.2, 0.25) is 0 Å². The molecule has 0 radical (unpaired) electrons. The molecule has 0 aliphatic carbocycles. The first-order valence-electron chi connectivity index (χ1n) is 8.53. The van der Waals surface area contributed by atoms with Crippen LogP contribution in [0.2, 0.25) is 0 Å². The number of hydrogen-bond donors (Lipinski definition) is 0. The summed E-state index contributed by atoms with van der Waals surface area (Å²) in [5.74, 6) is -0.279. The molecule has 3 nitrogen and oxygen atoms in total. The van der Waals surface area contributed by atoms with Gasteiger partial charge in [-0.2, -0.15) is 13.2 Å². The minimum Gasteiger partial charge on any atom is -0.305 e. The molecule has 0 spiro atoms. The monoisotopic (exact) mass is 356 g/mol.